The fraction of sp³-hybridized carbons (Fsp3) is 0.435. The second-order valence-corrected chi connectivity index (χ2v) is 8.29. The summed E-state index contributed by atoms with van der Waals surface area (Å²) in [7, 11) is 0. The molecule has 2 N–H and O–H groups in total. The van der Waals surface area contributed by atoms with E-state index in [1.165, 1.54) is 20.8 Å². The van der Waals surface area contributed by atoms with Crippen molar-refractivity contribution in [3.05, 3.63) is 64.4 Å². The van der Waals surface area contributed by atoms with Crippen LogP contribution in [-0.4, -0.2) is 11.0 Å². The zero-order valence-corrected chi connectivity index (χ0v) is 17.8. The van der Waals surface area contributed by atoms with E-state index in [4.69, 9.17) is 0 Å². The molecule has 30 heavy (non-hydrogen) atoms. The predicted molar refractivity (Wildman–Crippen MR) is 110 cm³/mol. The molecule has 1 aliphatic heterocycles. The predicted octanol–water partition coefficient (Wildman–Crippen LogP) is 5.94. The molecular formula is C23H27F4N3. The molecule has 2 heterocycles. The number of alkyl halides is 1. The second-order valence-electron chi connectivity index (χ2n) is 8.29. The van der Waals surface area contributed by atoms with Crippen LogP contribution in [0.5, 0.6) is 0 Å². The fourth-order valence-electron chi connectivity index (χ4n) is 3.64. The zero-order valence-electron chi connectivity index (χ0n) is 17.8. The highest BCUT2D eigenvalue weighted by atomic mass is 19.2. The lowest BCUT2D eigenvalue weighted by atomic mass is 9.96. The number of aryl methyl sites for hydroxylation is 1. The average molecular weight is 421 g/mol. The zero-order chi connectivity index (χ0) is 22.2. The van der Waals surface area contributed by atoms with Crippen molar-refractivity contribution >= 4 is 0 Å². The van der Waals surface area contributed by atoms with Crippen LogP contribution >= 0.6 is 0 Å². The van der Waals surface area contributed by atoms with Crippen molar-refractivity contribution < 1.29 is 17.6 Å². The van der Waals surface area contributed by atoms with Crippen LogP contribution in [0.2, 0.25) is 0 Å². The van der Waals surface area contributed by atoms with E-state index >= 15 is 0 Å². The minimum atomic E-state index is -1.99. The van der Waals surface area contributed by atoms with Crippen LogP contribution < -0.4 is 10.6 Å². The second kappa shape index (κ2) is 8.28. The van der Waals surface area contributed by atoms with Crippen LogP contribution in [0.1, 0.15) is 63.4 Å². The van der Waals surface area contributed by atoms with Crippen molar-refractivity contribution in [2.75, 3.05) is 0 Å². The van der Waals surface area contributed by atoms with Crippen LogP contribution in [0.25, 0.3) is 11.3 Å². The number of pyridine rings is 1. The van der Waals surface area contributed by atoms with Crippen molar-refractivity contribution in [3.63, 3.8) is 0 Å². The molecule has 0 radical (unpaired) electrons. The molecule has 1 aromatic carbocycles. The number of nitrogens with zero attached hydrogens (tertiary/aromatic N) is 1. The molecule has 2 atom stereocenters. The summed E-state index contributed by atoms with van der Waals surface area (Å²) in [5.74, 6) is -2.11. The maximum atomic E-state index is 14.9. The number of hydrogen-bond acceptors (Lipinski definition) is 3. The average Bonchev–Trinajstić information content (AvgIpc) is 3.12. The first-order chi connectivity index (χ1) is 14.0. The summed E-state index contributed by atoms with van der Waals surface area (Å²) in [6, 6.07) is 3.17. The normalized spacial score (nSPS) is 17.5. The minimum Gasteiger partial charge on any atom is -0.386 e. The van der Waals surface area contributed by atoms with E-state index in [9.17, 15) is 17.6 Å². The Balaban J connectivity index is 1.93. The maximum Gasteiger partial charge on any atom is 0.150 e. The SMILES string of the molecule is CCC1CC(NC(C)c2cc(F)c(-c3cc(C(C)(C)F)c(F)c(C)n3)cc2F)=CN1. The number of hydrogen-bond donors (Lipinski definition) is 2. The molecule has 0 saturated heterocycles. The molecule has 1 aliphatic rings. The van der Waals surface area contributed by atoms with Gasteiger partial charge in [0, 0.05) is 41.1 Å². The summed E-state index contributed by atoms with van der Waals surface area (Å²) in [6.07, 6.45) is 3.62. The van der Waals surface area contributed by atoms with Gasteiger partial charge in [-0.15, -0.1) is 0 Å². The molecule has 0 bridgehead atoms. The lowest BCUT2D eigenvalue weighted by Crippen LogP contribution is -2.20. The van der Waals surface area contributed by atoms with Gasteiger partial charge < -0.3 is 10.6 Å². The Morgan fingerprint density at radius 3 is 2.50 bits per heavy atom. The van der Waals surface area contributed by atoms with E-state index in [-0.39, 0.29) is 28.1 Å². The maximum absolute atomic E-state index is 14.9. The van der Waals surface area contributed by atoms with Gasteiger partial charge in [-0.3, -0.25) is 0 Å². The molecule has 0 saturated carbocycles. The van der Waals surface area contributed by atoms with Gasteiger partial charge in [-0.25, -0.2) is 22.5 Å². The molecule has 1 aromatic heterocycles. The lowest BCUT2D eigenvalue weighted by Gasteiger charge is -2.20. The van der Waals surface area contributed by atoms with Crippen molar-refractivity contribution in [1.29, 1.82) is 0 Å². The molecule has 162 valence electrons. The van der Waals surface area contributed by atoms with Gasteiger partial charge in [0.2, 0.25) is 0 Å². The standard InChI is InChI=1S/C23H27F4N3/c1-6-14-7-15(11-28-14)29-12(2)16-8-20(25)17(9-19(16)24)21-10-18(23(4,5)27)22(26)13(3)30-21/h8-12,14,28-29H,6-7H2,1-5H3. The van der Waals surface area contributed by atoms with Gasteiger partial charge in [0.1, 0.15) is 17.3 Å². The van der Waals surface area contributed by atoms with E-state index in [1.54, 1.807) is 6.92 Å². The molecule has 3 rings (SSSR count). The summed E-state index contributed by atoms with van der Waals surface area (Å²) in [6.45, 7) is 7.61. The molecule has 0 spiro atoms. The Morgan fingerprint density at radius 1 is 1.20 bits per heavy atom. The summed E-state index contributed by atoms with van der Waals surface area (Å²) in [5, 5.41) is 6.44. The van der Waals surface area contributed by atoms with Crippen molar-refractivity contribution in [2.24, 2.45) is 0 Å². The lowest BCUT2D eigenvalue weighted by molar-refractivity contribution is 0.213. The highest BCUT2D eigenvalue weighted by Crippen LogP contribution is 2.34. The van der Waals surface area contributed by atoms with E-state index in [1.807, 2.05) is 6.20 Å². The molecule has 7 heteroatoms. The Bertz CT molecular complexity index is 979. The van der Waals surface area contributed by atoms with Crippen LogP contribution in [0.4, 0.5) is 17.6 Å². The summed E-state index contributed by atoms with van der Waals surface area (Å²) >= 11 is 0. The first-order valence-corrected chi connectivity index (χ1v) is 10.1. The third-order valence-corrected chi connectivity index (χ3v) is 5.45. The number of benzene rings is 1. The monoisotopic (exact) mass is 421 g/mol. The Kier molecular flexibility index (Phi) is 6.11. The molecule has 0 fully saturated rings. The highest BCUT2D eigenvalue weighted by Gasteiger charge is 2.27. The number of halogens is 4. The number of aromatic nitrogens is 1. The molecule has 2 unspecified atom stereocenters. The highest BCUT2D eigenvalue weighted by molar-refractivity contribution is 5.62. The van der Waals surface area contributed by atoms with Crippen LogP contribution in [0.3, 0.4) is 0 Å². The van der Waals surface area contributed by atoms with E-state index < -0.39 is 29.2 Å². The molecular weight excluding hydrogens is 394 g/mol. The summed E-state index contributed by atoms with van der Waals surface area (Å²) < 4.78 is 58.5. The Morgan fingerprint density at radius 2 is 1.90 bits per heavy atom. The molecule has 0 aliphatic carbocycles. The quantitative estimate of drug-likeness (QED) is 0.567. The van der Waals surface area contributed by atoms with Gasteiger partial charge in [0.15, 0.2) is 5.82 Å². The Hall–Kier alpha value is -2.57. The third kappa shape index (κ3) is 4.45. The summed E-state index contributed by atoms with van der Waals surface area (Å²) in [4.78, 5) is 4.01. The topological polar surface area (TPSA) is 37.0 Å². The number of nitrogens with one attached hydrogen (secondary N) is 2. The largest absolute Gasteiger partial charge is 0.386 e. The molecule has 0 amide bonds. The van der Waals surface area contributed by atoms with E-state index in [0.29, 0.717) is 6.04 Å². The number of rotatable bonds is 6. The Labute approximate surface area is 174 Å². The van der Waals surface area contributed by atoms with Crippen molar-refractivity contribution in [3.8, 4) is 11.3 Å². The van der Waals surface area contributed by atoms with Gasteiger partial charge in [-0.2, -0.15) is 0 Å². The molecule has 3 nitrogen and oxygen atoms in total. The van der Waals surface area contributed by atoms with Crippen molar-refractivity contribution in [1.82, 2.24) is 15.6 Å². The van der Waals surface area contributed by atoms with Crippen molar-refractivity contribution in [2.45, 2.75) is 65.2 Å². The van der Waals surface area contributed by atoms with E-state index in [0.717, 1.165) is 36.7 Å². The van der Waals surface area contributed by atoms with Crippen LogP contribution in [0.15, 0.2) is 30.1 Å². The smallest absolute Gasteiger partial charge is 0.150 e. The van der Waals surface area contributed by atoms with Crippen LogP contribution in [-0.2, 0) is 5.67 Å². The first-order valence-electron chi connectivity index (χ1n) is 10.1. The third-order valence-electron chi connectivity index (χ3n) is 5.45. The first kappa shape index (κ1) is 22.1. The van der Waals surface area contributed by atoms with Gasteiger partial charge in [0.05, 0.1) is 17.4 Å². The minimum absolute atomic E-state index is 0.00771. The molecule has 2 aromatic rings. The fourth-order valence-corrected chi connectivity index (χ4v) is 3.64. The van der Waals surface area contributed by atoms with Gasteiger partial charge in [0.25, 0.3) is 0 Å². The van der Waals surface area contributed by atoms with Gasteiger partial charge in [-0.1, -0.05) is 6.92 Å². The van der Waals surface area contributed by atoms with Gasteiger partial charge in [-0.05, 0) is 52.3 Å². The van der Waals surface area contributed by atoms with E-state index in [2.05, 4.69) is 22.5 Å². The summed E-state index contributed by atoms with van der Waals surface area (Å²) in [5.41, 5.74) is -1.34. The van der Waals surface area contributed by atoms with Gasteiger partial charge >= 0.3 is 0 Å². The van der Waals surface area contributed by atoms with Crippen LogP contribution in [0, 0.1) is 24.4 Å².